The Morgan fingerprint density at radius 2 is 1.47 bits per heavy atom. The van der Waals surface area contributed by atoms with Crippen LogP contribution in [-0.4, -0.2) is 78.0 Å². The molecule has 3 N–H and O–H groups in total. The predicted octanol–water partition coefficient (Wildman–Crippen LogP) is 6.28. The Balaban J connectivity index is 1.11. The number of nitrogens with one attached hydrogen (secondary N) is 3. The standard InChI is InChI=1S/C46H43N7O5/c1-58-38-22-18-33(19-23-38)29-48-46(57)53(25-24-47)52-27-26-51(30-36-12-6-10-34-8-2-4-13-39(34)36)45(56)42(50-43(54)31-52)28-32-16-20-37(21-17-32)49-44(55)41-15-7-11-35-9-3-5-14-40(35)41/h2-23,42H,25-31H2,1H3,(H,48,57)(H,49,55)(H,50,54)/t42-/m0/s1. The number of urea groups is 1. The molecule has 0 unspecified atom stereocenters. The number of anilines is 1. The number of benzene rings is 6. The predicted molar refractivity (Wildman–Crippen MR) is 222 cm³/mol. The maximum Gasteiger partial charge on any atom is 0.333 e. The van der Waals surface area contributed by atoms with Crippen LogP contribution in [0.1, 0.15) is 27.0 Å². The highest BCUT2D eigenvalue weighted by molar-refractivity contribution is 6.13. The molecule has 1 heterocycles. The van der Waals surface area contributed by atoms with Gasteiger partial charge in [0.25, 0.3) is 5.91 Å². The largest absolute Gasteiger partial charge is 0.497 e. The second-order valence-corrected chi connectivity index (χ2v) is 14.0. The molecule has 5 amide bonds. The minimum Gasteiger partial charge on any atom is -0.497 e. The van der Waals surface area contributed by atoms with Crippen molar-refractivity contribution in [3.63, 3.8) is 0 Å². The summed E-state index contributed by atoms with van der Waals surface area (Å²) in [6.45, 7) is 0.139. The lowest BCUT2D eigenvalue weighted by molar-refractivity contribution is -0.136. The van der Waals surface area contributed by atoms with Gasteiger partial charge in [0.05, 0.1) is 19.7 Å². The van der Waals surface area contributed by atoms with Crippen molar-refractivity contribution in [3.05, 3.63) is 156 Å². The van der Waals surface area contributed by atoms with Crippen LogP contribution in [0.2, 0.25) is 0 Å². The van der Waals surface area contributed by atoms with Crippen LogP contribution in [0, 0.1) is 11.3 Å². The average Bonchev–Trinajstić information content (AvgIpc) is 3.30. The van der Waals surface area contributed by atoms with E-state index in [2.05, 4.69) is 16.0 Å². The Bertz CT molecular complexity index is 2470. The van der Waals surface area contributed by atoms with Crippen LogP contribution < -0.4 is 20.7 Å². The third kappa shape index (κ3) is 9.24. The zero-order valence-corrected chi connectivity index (χ0v) is 32.1. The number of carbonyl (C=O) groups is 4. The van der Waals surface area contributed by atoms with Crippen molar-refractivity contribution in [1.29, 1.82) is 5.26 Å². The first-order valence-electron chi connectivity index (χ1n) is 19.0. The monoisotopic (exact) mass is 773 g/mol. The SMILES string of the molecule is COc1ccc(CNC(=O)N(CC#N)N2CCN(Cc3cccc4ccccc34)C(=O)[C@H](Cc3ccc(NC(=O)c4cccc5ccccc45)cc3)NC(=O)C2)cc1. The molecule has 6 aromatic carbocycles. The number of carbonyl (C=O) groups excluding carboxylic acids is 4. The van der Waals surface area contributed by atoms with Crippen molar-refractivity contribution in [2.75, 3.05) is 38.6 Å². The van der Waals surface area contributed by atoms with Crippen molar-refractivity contribution in [1.82, 2.24) is 25.6 Å². The fourth-order valence-corrected chi connectivity index (χ4v) is 7.21. The number of fused-ring (bicyclic) bond motifs is 2. The first-order valence-corrected chi connectivity index (χ1v) is 19.0. The second kappa shape index (κ2) is 18.1. The van der Waals surface area contributed by atoms with Crippen LogP contribution >= 0.6 is 0 Å². The van der Waals surface area contributed by atoms with Gasteiger partial charge in [0.15, 0.2) is 0 Å². The molecule has 7 rings (SSSR count). The van der Waals surface area contributed by atoms with Crippen LogP contribution in [-0.2, 0) is 29.1 Å². The number of methoxy groups -OCH3 is 1. The molecule has 0 spiro atoms. The molecule has 58 heavy (non-hydrogen) atoms. The molecule has 1 atom stereocenters. The topological polar surface area (TPSA) is 147 Å². The fraction of sp³-hybridized carbons (Fsp3) is 0.196. The maximum absolute atomic E-state index is 14.5. The summed E-state index contributed by atoms with van der Waals surface area (Å²) in [5.74, 6) is -0.317. The van der Waals surface area contributed by atoms with E-state index in [-0.39, 0.29) is 57.5 Å². The van der Waals surface area contributed by atoms with Crippen LogP contribution in [0.5, 0.6) is 5.75 Å². The summed E-state index contributed by atoms with van der Waals surface area (Å²) < 4.78 is 5.23. The molecular weight excluding hydrogens is 731 g/mol. The van der Waals surface area contributed by atoms with Gasteiger partial charge in [-0.3, -0.25) is 14.4 Å². The van der Waals surface area contributed by atoms with Gasteiger partial charge in [0.2, 0.25) is 11.8 Å². The van der Waals surface area contributed by atoms with Crippen LogP contribution in [0.4, 0.5) is 10.5 Å². The molecule has 1 fully saturated rings. The molecular formula is C46H43N7O5. The van der Waals surface area contributed by atoms with E-state index >= 15 is 0 Å². The van der Waals surface area contributed by atoms with Gasteiger partial charge in [-0.1, -0.05) is 103 Å². The van der Waals surface area contributed by atoms with Crippen LogP contribution in [0.25, 0.3) is 21.5 Å². The number of nitrogens with zero attached hydrogens (tertiary/aromatic N) is 4. The number of hydrogen-bond acceptors (Lipinski definition) is 7. The van der Waals surface area contributed by atoms with Gasteiger partial charge in [0, 0.05) is 43.9 Å². The zero-order chi connectivity index (χ0) is 40.4. The molecule has 12 heteroatoms. The number of ether oxygens (including phenoxy) is 1. The van der Waals surface area contributed by atoms with Gasteiger partial charge in [0.1, 0.15) is 18.3 Å². The van der Waals surface area contributed by atoms with Crippen molar-refractivity contribution >= 4 is 51.0 Å². The molecule has 1 aliphatic rings. The number of amides is 5. The lowest BCUT2D eigenvalue weighted by Crippen LogP contribution is -2.55. The maximum atomic E-state index is 14.5. The Morgan fingerprint density at radius 3 is 2.19 bits per heavy atom. The summed E-state index contributed by atoms with van der Waals surface area (Å²) in [5, 5.41) is 25.1. The van der Waals surface area contributed by atoms with E-state index in [1.807, 2.05) is 109 Å². The van der Waals surface area contributed by atoms with Crippen molar-refractivity contribution in [2.45, 2.75) is 25.6 Å². The molecule has 1 aliphatic heterocycles. The van der Waals surface area contributed by atoms with E-state index < -0.39 is 18.0 Å². The highest BCUT2D eigenvalue weighted by Gasteiger charge is 2.32. The number of hydrogen-bond donors (Lipinski definition) is 3. The summed E-state index contributed by atoms with van der Waals surface area (Å²) in [6.07, 6.45) is 0.179. The summed E-state index contributed by atoms with van der Waals surface area (Å²) >= 11 is 0. The van der Waals surface area contributed by atoms with E-state index in [4.69, 9.17) is 4.74 Å². The third-order valence-electron chi connectivity index (χ3n) is 10.2. The van der Waals surface area contributed by atoms with Gasteiger partial charge in [-0.25, -0.2) is 14.8 Å². The fourth-order valence-electron chi connectivity index (χ4n) is 7.21. The lowest BCUT2D eigenvalue weighted by atomic mass is 10.0. The summed E-state index contributed by atoms with van der Waals surface area (Å²) in [7, 11) is 1.58. The Morgan fingerprint density at radius 1 is 0.810 bits per heavy atom. The van der Waals surface area contributed by atoms with E-state index in [1.54, 1.807) is 42.3 Å². The quantitative estimate of drug-likeness (QED) is 0.132. The van der Waals surface area contributed by atoms with Crippen LogP contribution in [0.15, 0.2) is 133 Å². The van der Waals surface area contributed by atoms with E-state index in [0.717, 1.165) is 38.2 Å². The number of rotatable bonds is 11. The molecule has 0 aliphatic carbocycles. The first kappa shape index (κ1) is 39.0. The average molecular weight is 774 g/mol. The van der Waals surface area contributed by atoms with Crippen molar-refractivity contribution in [3.8, 4) is 11.8 Å². The summed E-state index contributed by atoms with van der Waals surface area (Å²) in [4.78, 5) is 56.9. The second-order valence-electron chi connectivity index (χ2n) is 14.0. The minimum absolute atomic E-state index is 0.110. The first-order chi connectivity index (χ1) is 28.3. The summed E-state index contributed by atoms with van der Waals surface area (Å²) in [6, 6.07) is 42.2. The molecule has 0 aromatic heterocycles. The molecule has 0 radical (unpaired) electrons. The van der Waals surface area contributed by atoms with E-state index in [0.29, 0.717) is 17.0 Å². The Kier molecular flexibility index (Phi) is 12.2. The van der Waals surface area contributed by atoms with Gasteiger partial charge < -0.3 is 25.6 Å². The normalized spacial score (nSPS) is 14.8. The van der Waals surface area contributed by atoms with E-state index in [9.17, 15) is 24.4 Å². The van der Waals surface area contributed by atoms with Crippen molar-refractivity contribution in [2.24, 2.45) is 0 Å². The smallest absolute Gasteiger partial charge is 0.333 e. The lowest BCUT2D eigenvalue weighted by Gasteiger charge is -2.33. The highest BCUT2D eigenvalue weighted by Crippen LogP contribution is 2.23. The Hall–Kier alpha value is -7.23. The number of nitriles is 1. The minimum atomic E-state index is -0.938. The molecule has 6 aromatic rings. The Labute approximate surface area is 336 Å². The molecule has 292 valence electrons. The zero-order valence-electron chi connectivity index (χ0n) is 32.1. The van der Waals surface area contributed by atoms with Crippen molar-refractivity contribution < 1.29 is 23.9 Å². The summed E-state index contributed by atoms with van der Waals surface area (Å²) in [5.41, 5.74) is 3.67. The van der Waals surface area contributed by atoms with Crippen LogP contribution in [0.3, 0.4) is 0 Å². The van der Waals surface area contributed by atoms with Gasteiger partial charge in [-0.2, -0.15) is 5.26 Å². The van der Waals surface area contributed by atoms with Gasteiger partial charge in [-0.05, 0) is 68.6 Å². The molecule has 0 saturated carbocycles. The van der Waals surface area contributed by atoms with Gasteiger partial charge in [-0.15, -0.1) is 0 Å². The molecule has 0 bridgehead atoms. The molecule has 1 saturated heterocycles. The van der Waals surface area contributed by atoms with Gasteiger partial charge >= 0.3 is 6.03 Å². The number of hydrazine groups is 1. The highest BCUT2D eigenvalue weighted by atomic mass is 16.5. The molecule has 12 nitrogen and oxygen atoms in total. The van der Waals surface area contributed by atoms with E-state index in [1.165, 1.54) is 10.0 Å². The third-order valence-corrected chi connectivity index (χ3v) is 10.2.